The van der Waals surface area contributed by atoms with E-state index in [0.717, 1.165) is 12.0 Å². The number of methoxy groups -OCH3 is 1. The predicted molar refractivity (Wildman–Crippen MR) is 110 cm³/mol. The van der Waals surface area contributed by atoms with Crippen LogP contribution >= 0.6 is 0 Å². The number of carboxylic acids is 1. The SMILES string of the molecule is CCCCOC1(OC)C(O)CCN(OCc2ccccc2)C1(OC(C)(C)C)C(=O)O. The minimum Gasteiger partial charge on any atom is -0.478 e. The molecule has 0 bridgehead atoms. The summed E-state index contributed by atoms with van der Waals surface area (Å²) < 4.78 is 17.7. The molecule has 0 amide bonds. The van der Waals surface area contributed by atoms with E-state index in [9.17, 15) is 15.0 Å². The fourth-order valence-electron chi connectivity index (χ4n) is 3.63. The van der Waals surface area contributed by atoms with Gasteiger partial charge in [-0.05, 0) is 39.2 Å². The minimum absolute atomic E-state index is 0.124. The first-order chi connectivity index (χ1) is 14.1. The zero-order valence-electron chi connectivity index (χ0n) is 18.6. The highest BCUT2D eigenvalue weighted by atomic mass is 16.8. The number of piperidine rings is 1. The highest BCUT2D eigenvalue weighted by molar-refractivity contribution is 5.79. The summed E-state index contributed by atoms with van der Waals surface area (Å²) >= 11 is 0. The van der Waals surface area contributed by atoms with Crippen LogP contribution in [-0.4, -0.2) is 64.7 Å². The monoisotopic (exact) mass is 425 g/mol. The minimum atomic E-state index is -2.22. The second kappa shape index (κ2) is 10.2. The molecule has 3 unspecified atom stereocenters. The molecular formula is C22H35NO7. The van der Waals surface area contributed by atoms with Crippen LogP contribution in [0.2, 0.25) is 0 Å². The summed E-state index contributed by atoms with van der Waals surface area (Å²) in [5, 5.41) is 22.6. The third-order valence-electron chi connectivity index (χ3n) is 4.96. The van der Waals surface area contributed by atoms with Gasteiger partial charge in [0.1, 0.15) is 6.10 Å². The van der Waals surface area contributed by atoms with Crippen molar-refractivity contribution in [1.29, 1.82) is 0 Å². The van der Waals surface area contributed by atoms with Gasteiger partial charge in [0.15, 0.2) is 0 Å². The Kier molecular flexibility index (Phi) is 8.38. The number of benzene rings is 1. The van der Waals surface area contributed by atoms with Crippen molar-refractivity contribution in [3.8, 4) is 0 Å². The van der Waals surface area contributed by atoms with E-state index < -0.39 is 29.2 Å². The van der Waals surface area contributed by atoms with Crippen molar-refractivity contribution in [1.82, 2.24) is 5.06 Å². The molecule has 1 aliphatic heterocycles. The number of aliphatic carboxylic acids is 1. The Morgan fingerprint density at radius 3 is 2.47 bits per heavy atom. The molecule has 0 radical (unpaired) electrons. The maximum atomic E-state index is 12.8. The normalized spacial score (nSPS) is 27.9. The fourth-order valence-corrected chi connectivity index (χ4v) is 3.63. The molecule has 1 aromatic rings. The number of ether oxygens (including phenoxy) is 3. The molecule has 170 valence electrons. The van der Waals surface area contributed by atoms with Gasteiger partial charge in [-0.15, -0.1) is 5.06 Å². The lowest BCUT2D eigenvalue weighted by atomic mass is 9.88. The number of aliphatic hydroxyl groups excluding tert-OH is 1. The average molecular weight is 426 g/mol. The van der Waals surface area contributed by atoms with Crippen LogP contribution in [-0.2, 0) is 30.4 Å². The van der Waals surface area contributed by atoms with Crippen molar-refractivity contribution in [3.63, 3.8) is 0 Å². The van der Waals surface area contributed by atoms with Gasteiger partial charge in [0, 0.05) is 13.7 Å². The summed E-state index contributed by atoms with van der Waals surface area (Å²) in [5.41, 5.74) is -2.25. The van der Waals surface area contributed by atoms with Crippen LogP contribution in [0.25, 0.3) is 0 Å². The van der Waals surface area contributed by atoms with Gasteiger partial charge in [0.05, 0.1) is 18.8 Å². The molecule has 0 aromatic heterocycles. The number of hydroxylamine groups is 2. The Labute approximate surface area is 178 Å². The maximum Gasteiger partial charge on any atom is 0.359 e. The molecule has 1 saturated heterocycles. The number of hydrogen-bond acceptors (Lipinski definition) is 7. The van der Waals surface area contributed by atoms with Crippen molar-refractivity contribution in [2.24, 2.45) is 0 Å². The molecule has 8 heteroatoms. The molecule has 2 N–H and O–H groups in total. The third kappa shape index (κ3) is 5.01. The first-order valence-corrected chi connectivity index (χ1v) is 10.4. The van der Waals surface area contributed by atoms with Gasteiger partial charge in [-0.3, -0.25) is 4.84 Å². The van der Waals surface area contributed by atoms with E-state index in [1.54, 1.807) is 20.8 Å². The van der Waals surface area contributed by atoms with Gasteiger partial charge < -0.3 is 24.4 Å². The van der Waals surface area contributed by atoms with Crippen LogP contribution in [0, 0.1) is 0 Å². The number of aliphatic hydroxyl groups is 1. The molecule has 30 heavy (non-hydrogen) atoms. The molecule has 1 aromatic carbocycles. The molecule has 0 aliphatic carbocycles. The molecule has 1 fully saturated rings. The summed E-state index contributed by atoms with van der Waals surface area (Å²) in [6.07, 6.45) is 0.476. The van der Waals surface area contributed by atoms with Crippen LogP contribution < -0.4 is 0 Å². The Morgan fingerprint density at radius 1 is 1.27 bits per heavy atom. The van der Waals surface area contributed by atoms with Crippen LogP contribution in [0.4, 0.5) is 0 Å². The standard InChI is InChI=1S/C22H35NO7/c1-6-7-15-28-22(27-5)18(24)13-14-23(29-16-17-11-9-8-10-12-17)21(22,19(25)26)30-20(2,3)4/h8-12,18,24H,6-7,13-16H2,1-5H3,(H,25,26). The van der Waals surface area contributed by atoms with E-state index in [4.69, 9.17) is 19.0 Å². The Morgan fingerprint density at radius 2 is 1.93 bits per heavy atom. The van der Waals surface area contributed by atoms with Gasteiger partial charge >= 0.3 is 11.7 Å². The van der Waals surface area contributed by atoms with E-state index in [2.05, 4.69) is 0 Å². The van der Waals surface area contributed by atoms with Crippen LogP contribution in [0.5, 0.6) is 0 Å². The lowest BCUT2D eigenvalue weighted by molar-refractivity contribution is -0.457. The molecule has 1 heterocycles. The van der Waals surface area contributed by atoms with Crippen molar-refractivity contribution in [2.45, 2.75) is 76.8 Å². The van der Waals surface area contributed by atoms with E-state index in [-0.39, 0.29) is 26.2 Å². The van der Waals surface area contributed by atoms with Crippen molar-refractivity contribution in [2.75, 3.05) is 20.3 Å². The van der Waals surface area contributed by atoms with Gasteiger partial charge in [0.25, 0.3) is 5.79 Å². The highest BCUT2D eigenvalue weighted by Crippen LogP contribution is 2.45. The Hall–Kier alpha value is -1.55. The molecule has 2 rings (SSSR count). The second-order valence-corrected chi connectivity index (χ2v) is 8.40. The molecule has 1 aliphatic rings. The number of rotatable bonds is 10. The van der Waals surface area contributed by atoms with E-state index in [1.165, 1.54) is 12.2 Å². The lowest BCUT2D eigenvalue weighted by Gasteiger charge is -2.56. The summed E-state index contributed by atoms with van der Waals surface area (Å²) in [6, 6.07) is 9.41. The van der Waals surface area contributed by atoms with Gasteiger partial charge in [-0.2, -0.15) is 0 Å². The quantitative estimate of drug-likeness (QED) is 0.436. The molecule has 0 saturated carbocycles. The topological polar surface area (TPSA) is 97.7 Å². The average Bonchev–Trinajstić information content (AvgIpc) is 2.69. The van der Waals surface area contributed by atoms with E-state index in [1.807, 2.05) is 37.3 Å². The largest absolute Gasteiger partial charge is 0.478 e. The smallest absolute Gasteiger partial charge is 0.359 e. The molecule has 8 nitrogen and oxygen atoms in total. The van der Waals surface area contributed by atoms with Gasteiger partial charge in [-0.25, -0.2) is 4.79 Å². The number of unbranched alkanes of at least 4 members (excludes halogenated alkanes) is 1. The summed E-state index contributed by atoms with van der Waals surface area (Å²) in [4.78, 5) is 18.8. The van der Waals surface area contributed by atoms with Gasteiger partial charge in [0.2, 0.25) is 0 Å². The summed E-state index contributed by atoms with van der Waals surface area (Å²) in [5.74, 6) is -3.33. The Bertz CT molecular complexity index is 678. The van der Waals surface area contributed by atoms with Crippen molar-refractivity contribution >= 4 is 5.97 Å². The van der Waals surface area contributed by atoms with Crippen molar-refractivity contribution in [3.05, 3.63) is 35.9 Å². The summed E-state index contributed by atoms with van der Waals surface area (Å²) in [7, 11) is 1.32. The summed E-state index contributed by atoms with van der Waals surface area (Å²) in [6.45, 7) is 7.66. The first-order valence-electron chi connectivity index (χ1n) is 10.4. The van der Waals surface area contributed by atoms with E-state index >= 15 is 0 Å². The zero-order valence-corrected chi connectivity index (χ0v) is 18.6. The number of carboxylic acid groups (broad SMARTS) is 1. The lowest BCUT2D eigenvalue weighted by Crippen LogP contribution is -2.79. The molecular weight excluding hydrogens is 390 g/mol. The zero-order chi connectivity index (χ0) is 22.4. The maximum absolute atomic E-state index is 12.8. The second-order valence-electron chi connectivity index (χ2n) is 8.40. The van der Waals surface area contributed by atoms with Crippen LogP contribution in [0.3, 0.4) is 0 Å². The first kappa shape index (κ1) is 24.7. The molecule has 3 atom stereocenters. The number of carbonyl (C=O) groups is 1. The Balaban J connectivity index is 2.51. The molecule has 0 spiro atoms. The predicted octanol–water partition coefficient (Wildman–Crippen LogP) is 2.94. The number of hydrogen-bond donors (Lipinski definition) is 2. The van der Waals surface area contributed by atoms with Crippen molar-refractivity contribution < 1.29 is 34.1 Å². The highest BCUT2D eigenvalue weighted by Gasteiger charge is 2.71. The van der Waals surface area contributed by atoms with Crippen LogP contribution in [0.1, 0.15) is 52.5 Å². The number of nitrogens with zero attached hydrogens (tertiary/aromatic N) is 1. The van der Waals surface area contributed by atoms with E-state index in [0.29, 0.717) is 6.42 Å². The van der Waals surface area contributed by atoms with Gasteiger partial charge in [-0.1, -0.05) is 43.7 Å². The third-order valence-corrected chi connectivity index (χ3v) is 4.96. The fraction of sp³-hybridized carbons (Fsp3) is 0.682. The van der Waals surface area contributed by atoms with Crippen LogP contribution in [0.15, 0.2) is 30.3 Å².